The minimum atomic E-state index is -4.12. The molecule has 2 rings (SSSR count). The van der Waals surface area contributed by atoms with Crippen molar-refractivity contribution in [3.63, 3.8) is 0 Å². The highest BCUT2D eigenvalue weighted by Crippen LogP contribution is 2.35. The molecule has 1 N–H and O–H groups in total. The molecule has 0 aliphatic carbocycles. The number of piperidine rings is 1. The summed E-state index contributed by atoms with van der Waals surface area (Å²) < 4.78 is 38.0. The molecular formula is C14H20F3N3O. The summed E-state index contributed by atoms with van der Waals surface area (Å²) in [6.45, 7) is 4.27. The first-order valence-corrected chi connectivity index (χ1v) is 7.11. The molecule has 0 bridgehead atoms. The number of hydrogen-bond donors (Lipinski definition) is 1. The number of alkyl halides is 3. The van der Waals surface area contributed by atoms with Crippen molar-refractivity contribution >= 4 is 5.69 Å². The van der Waals surface area contributed by atoms with E-state index < -0.39 is 12.1 Å². The Morgan fingerprint density at radius 2 is 1.95 bits per heavy atom. The third-order valence-electron chi connectivity index (χ3n) is 3.83. The van der Waals surface area contributed by atoms with Crippen LogP contribution in [0, 0.1) is 5.92 Å². The molecule has 2 heterocycles. The summed E-state index contributed by atoms with van der Waals surface area (Å²) in [5.41, 5.74) is 1.13. The lowest BCUT2D eigenvalue weighted by Gasteiger charge is -2.34. The van der Waals surface area contributed by atoms with E-state index in [9.17, 15) is 18.3 Å². The van der Waals surface area contributed by atoms with E-state index in [4.69, 9.17) is 0 Å². The van der Waals surface area contributed by atoms with Crippen molar-refractivity contribution in [3.8, 4) is 0 Å². The van der Waals surface area contributed by atoms with Crippen LogP contribution in [-0.2, 0) is 6.61 Å². The van der Waals surface area contributed by atoms with Crippen LogP contribution in [0.15, 0.2) is 6.20 Å². The van der Waals surface area contributed by atoms with Gasteiger partial charge in [0.2, 0.25) is 0 Å². The third kappa shape index (κ3) is 3.64. The zero-order valence-corrected chi connectivity index (χ0v) is 12.2. The maximum atomic E-state index is 12.7. The smallest absolute Gasteiger partial charge is 0.390 e. The zero-order valence-electron chi connectivity index (χ0n) is 12.2. The number of rotatable bonds is 3. The average molecular weight is 303 g/mol. The average Bonchev–Trinajstić information content (AvgIpc) is 2.45. The summed E-state index contributed by atoms with van der Waals surface area (Å²) in [4.78, 5) is 10.4. The van der Waals surface area contributed by atoms with Crippen LogP contribution in [0.25, 0.3) is 0 Å². The normalized spacial score (nSPS) is 17.6. The second-order valence-electron chi connectivity index (χ2n) is 5.68. The van der Waals surface area contributed by atoms with Gasteiger partial charge in [-0.2, -0.15) is 13.2 Å². The first kappa shape index (κ1) is 16.0. The fourth-order valence-corrected chi connectivity index (χ4v) is 2.53. The quantitative estimate of drug-likeness (QED) is 0.933. The van der Waals surface area contributed by atoms with Gasteiger partial charge in [0.1, 0.15) is 5.82 Å². The second-order valence-corrected chi connectivity index (χ2v) is 5.68. The zero-order chi connectivity index (χ0) is 15.6. The molecule has 0 aromatic carbocycles. The van der Waals surface area contributed by atoms with Gasteiger partial charge in [-0.25, -0.2) is 9.97 Å². The van der Waals surface area contributed by atoms with E-state index in [0.29, 0.717) is 30.3 Å². The largest absolute Gasteiger partial charge is 0.391 e. The van der Waals surface area contributed by atoms with Gasteiger partial charge in [0.05, 0.1) is 30.1 Å². The van der Waals surface area contributed by atoms with Crippen molar-refractivity contribution in [2.75, 3.05) is 18.0 Å². The van der Waals surface area contributed by atoms with Gasteiger partial charge in [-0.1, -0.05) is 13.8 Å². The van der Waals surface area contributed by atoms with Crippen LogP contribution >= 0.6 is 0 Å². The predicted octanol–water partition coefficient (Wildman–Crippen LogP) is 2.87. The summed E-state index contributed by atoms with van der Waals surface area (Å²) in [6.07, 6.45) is -2.37. The number of aliphatic hydroxyl groups excluding tert-OH is 1. The minimum Gasteiger partial charge on any atom is -0.390 e. The second kappa shape index (κ2) is 6.17. The van der Waals surface area contributed by atoms with Crippen molar-refractivity contribution in [1.29, 1.82) is 0 Å². The van der Waals surface area contributed by atoms with Crippen LogP contribution in [0.5, 0.6) is 0 Å². The highest BCUT2D eigenvalue weighted by atomic mass is 19.4. The Bertz CT molecular complexity index is 483. The first-order valence-electron chi connectivity index (χ1n) is 7.11. The molecule has 1 saturated heterocycles. The highest BCUT2D eigenvalue weighted by molar-refractivity contribution is 5.49. The van der Waals surface area contributed by atoms with E-state index >= 15 is 0 Å². The van der Waals surface area contributed by atoms with Crippen LogP contribution in [0.2, 0.25) is 0 Å². The maximum absolute atomic E-state index is 12.7. The van der Waals surface area contributed by atoms with Crippen LogP contribution in [0.1, 0.15) is 44.1 Å². The number of anilines is 1. The van der Waals surface area contributed by atoms with Gasteiger partial charge >= 0.3 is 6.18 Å². The van der Waals surface area contributed by atoms with Gasteiger partial charge in [0, 0.05) is 19.0 Å². The van der Waals surface area contributed by atoms with Crippen molar-refractivity contribution in [3.05, 3.63) is 17.7 Å². The number of hydrogen-bond acceptors (Lipinski definition) is 4. The summed E-state index contributed by atoms with van der Waals surface area (Å²) >= 11 is 0. The molecule has 1 fully saturated rings. The van der Waals surface area contributed by atoms with Gasteiger partial charge in [0.25, 0.3) is 0 Å². The maximum Gasteiger partial charge on any atom is 0.391 e. The number of aromatic nitrogens is 2. The first-order chi connectivity index (χ1) is 9.82. The van der Waals surface area contributed by atoms with Gasteiger partial charge in [0.15, 0.2) is 0 Å². The van der Waals surface area contributed by atoms with Crippen molar-refractivity contribution in [1.82, 2.24) is 9.97 Å². The lowest BCUT2D eigenvalue weighted by Crippen LogP contribution is -2.39. The van der Waals surface area contributed by atoms with Crippen LogP contribution in [0.3, 0.4) is 0 Å². The van der Waals surface area contributed by atoms with Gasteiger partial charge in [-0.3, -0.25) is 0 Å². The van der Waals surface area contributed by atoms with Crippen molar-refractivity contribution < 1.29 is 18.3 Å². The molecule has 0 amide bonds. The summed E-state index contributed by atoms with van der Waals surface area (Å²) in [6, 6.07) is 0. The van der Waals surface area contributed by atoms with E-state index in [-0.39, 0.29) is 25.4 Å². The molecule has 0 atom stereocenters. The number of aliphatic hydroxyl groups is 1. The molecular weight excluding hydrogens is 283 g/mol. The molecule has 1 aromatic rings. The Morgan fingerprint density at radius 1 is 1.33 bits per heavy atom. The van der Waals surface area contributed by atoms with E-state index in [1.807, 2.05) is 18.7 Å². The van der Waals surface area contributed by atoms with Crippen LogP contribution < -0.4 is 4.90 Å². The summed E-state index contributed by atoms with van der Waals surface area (Å²) in [5.74, 6) is -0.463. The van der Waals surface area contributed by atoms with Crippen molar-refractivity contribution in [2.24, 2.45) is 5.92 Å². The van der Waals surface area contributed by atoms with E-state index in [1.165, 1.54) is 0 Å². The molecule has 0 unspecified atom stereocenters. The van der Waals surface area contributed by atoms with Gasteiger partial charge in [-0.15, -0.1) is 0 Å². The molecule has 7 heteroatoms. The predicted molar refractivity (Wildman–Crippen MR) is 73.0 cm³/mol. The Morgan fingerprint density at radius 3 is 2.43 bits per heavy atom. The van der Waals surface area contributed by atoms with E-state index in [1.54, 1.807) is 6.20 Å². The molecule has 21 heavy (non-hydrogen) atoms. The Kier molecular flexibility index (Phi) is 4.70. The monoisotopic (exact) mass is 303 g/mol. The number of nitrogens with zero attached hydrogens (tertiary/aromatic N) is 3. The van der Waals surface area contributed by atoms with Crippen LogP contribution in [0.4, 0.5) is 18.9 Å². The molecule has 0 spiro atoms. The number of halogens is 3. The fraction of sp³-hybridized carbons (Fsp3) is 0.714. The van der Waals surface area contributed by atoms with E-state index in [2.05, 4.69) is 9.97 Å². The topological polar surface area (TPSA) is 49.2 Å². The molecule has 1 aliphatic rings. The standard InChI is InChI=1S/C14H20F3N3O/c1-9(2)13-18-7-12(11(8-21)19-13)20-5-3-10(4-6-20)14(15,16)17/h7,9-10,21H,3-6,8H2,1-2H3. The Hall–Kier alpha value is -1.37. The molecule has 4 nitrogen and oxygen atoms in total. The highest BCUT2D eigenvalue weighted by Gasteiger charge is 2.41. The lowest BCUT2D eigenvalue weighted by atomic mass is 9.96. The Labute approximate surface area is 122 Å². The Balaban J connectivity index is 2.13. The molecule has 118 valence electrons. The van der Waals surface area contributed by atoms with E-state index in [0.717, 1.165) is 0 Å². The minimum absolute atomic E-state index is 0.0697. The third-order valence-corrected chi connectivity index (χ3v) is 3.83. The SMILES string of the molecule is CC(C)c1ncc(N2CCC(C(F)(F)F)CC2)c(CO)n1. The fourth-order valence-electron chi connectivity index (χ4n) is 2.53. The molecule has 0 radical (unpaired) electrons. The summed E-state index contributed by atoms with van der Waals surface area (Å²) in [7, 11) is 0. The van der Waals surface area contributed by atoms with Gasteiger partial charge in [-0.05, 0) is 12.8 Å². The lowest BCUT2D eigenvalue weighted by molar-refractivity contribution is -0.179. The molecule has 1 aromatic heterocycles. The van der Waals surface area contributed by atoms with Crippen LogP contribution in [-0.4, -0.2) is 34.3 Å². The van der Waals surface area contributed by atoms with Crippen molar-refractivity contribution in [2.45, 2.75) is 45.4 Å². The molecule has 0 saturated carbocycles. The molecule has 1 aliphatic heterocycles. The summed E-state index contributed by atoms with van der Waals surface area (Å²) in [5, 5.41) is 9.44. The van der Waals surface area contributed by atoms with Gasteiger partial charge < -0.3 is 10.0 Å².